The molecule has 26 heavy (non-hydrogen) atoms. The van der Waals surface area contributed by atoms with Crippen LogP contribution in [-0.4, -0.2) is 29.5 Å². The van der Waals surface area contributed by atoms with Gasteiger partial charge in [-0.1, -0.05) is 6.07 Å². The maximum absolute atomic E-state index is 12.2. The predicted octanol–water partition coefficient (Wildman–Crippen LogP) is 3.69. The zero-order valence-corrected chi connectivity index (χ0v) is 14.5. The van der Waals surface area contributed by atoms with Crippen LogP contribution in [0.1, 0.15) is 28.5 Å². The molecule has 3 rings (SSSR count). The summed E-state index contributed by atoms with van der Waals surface area (Å²) in [7, 11) is 1.35. The SMILES string of the molecule is CCOC=Cc1c2c(C(=O)OC)cccc2nn1-c1ccc(C#N)cc1. The Labute approximate surface area is 150 Å². The molecule has 0 aliphatic rings. The lowest BCUT2D eigenvalue weighted by atomic mass is 10.1. The second kappa shape index (κ2) is 7.53. The summed E-state index contributed by atoms with van der Waals surface area (Å²) < 4.78 is 11.9. The number of hydrogen-bond acceptors (Lipinski definition) is 5. The first-order valence-electron chi connectivity index (χ1n) is 8.08. The predicted molar refractivity (Wildman–Crippen MR) is 97.8 cm³/mol. The van der Waals surface area contributed by atoms with Crippen molar-refractivity contribution >= 4 is 22.9 Å². The largest absolute Gasteiger partial charge is 0.501 e. The standard InChI is InChI=1S/C20H17N3O3/c1-3-26-12-11-18-19-16(20(24)25-2)5-4-6-17(19)22-23(18)15-9-7-14(13-21)8-10-15/h4-12H,3H2,1-2H3. The van der Waals surface area contributed by atoms with E-state index >= 15 is 0 Å². The van der Waals surface area contributed by atoms with Crippen LogP contribution in [0, 0.1) is 11.3 Å². The first kappa shape index (κ1) is 17.2. The van der Waals surface area contributed by atoms with Gasteiger partial charge in [0.25, 0.3) is 0 Å². The van der Waals surface area contributed by atoms with Crippen LogP contribution in [0.4, 0.5) is 0 Å². The zero-order chi connectivity index (χ0) is 18.5. The molecule has 6 heteroatoms. The van der Waals surface area contributed by atoms with Crippen LogP contribution >= 0.6 is 0 Å². The summed E-state index contributed by atoms with van der Waals surface area (Å²) in [6.07, 6.45) is 3.34. The lowest BCUT2D eigenvalue weighted by Crippen LogP contribution is -2.03. The average molecular weight is 347 g/mol. The quantitative estimate of drug-likeness (QED) is 0.519. The second-order valence-corrected chi connectivity index (χ2v) is 5.41. The fourth-order valence-electron chi connectivity index (χ4n) is 2.68. The van der Waals surface area contributed by atoms with Gasteiger partial charge in [0, 0.05) is 5.39 Å². The van der Waals surface area contributed by atoms with Crippen LogP contribution in [0.2, 0.25) is 0 Å². The number of rotatable bonds is 5. The molecule has 0 unspecified atom stereocenters. The van der Waals surface area contributed by atoms with Crippen LogP contribution in [0.3, 0.4) is 0 Å². The third-order valence-corrected chi connectivity index (χ3v) is 3.87. The molecule has 1 aromatic heterocycles. The van der Waals surface area contributed by atoms with Crippen molar-refractivity contribution in [3.63, 3.8) is 0 Å². The van der Waals surface area contributed by atoms with Crippen molar-refractivity contribution in [1.29, 1.82) is 5.26 Å². The number of nitrogens with zero attached hydrogens (tertiary/aromatic N) is 3. The molecule has 0 N–H and O–H groups in total. The third kappa shape index (κ3) is 3.15. The van der Waals surface area contributed by atoms with Gasteiger partial charge in [-0.15, -0.1) is 0 Å². The number of carbonyl (C=O) groups is 1. The van der Waals surface area contributed by atoms with Gasteiger partial charge in [0.1, 0.15) is 0 Å². The maximum atomic E-state index is 12.2. The second-order valence-electron chi connectivity index (χ2n) is 5.41. The topological polar surface area (TPSA) is 77.1 Å². The number of hydrogen-bond donors (Lipinski definition) is 0. The van der Waals surface area contributed by atoms with E-state index < -0.39 is 5.97 Å². The van der Waals surface area contributed by atoms with Crippen molar-refractivity contribution in [2.45, 2.75) is 6.92 Å². The fraction of sp³-hybridized carbons (Fsp3) is 0.150. The molecule has 0 atom stereocenters. The molecule has 0 radical (unpaired) electrons. The van der Waals surface area contributed by atoms with Gasteiger partial charge in [-0.25, -0.2) is 9.48 Å². The van der Waals surface area contributed by atoms with Crippen LogP contribution < -0.4 is 0 Å². The molecule has 0 saturated carbocycles. The summed E-state index contributed by atoms with van der Waals surface area (Å²) >= 11 is 0. The Bertz CT molecular complexity index is 1010. The zero-order valence-electron chi connectivity index (χ0n) is 14.5. The average Bonchev–Trinajstić information content (AvgIpc) is 3.06. The van der Waals surface area contributed by atoms with Gasteiger partial charge in [0.2, 0.25) is 0 Å². The smallest absolute Gasteiger partial charge is 0.338 e. The normalized spacial score (nSPS) is 10.8. The highest BCUT2D eigenvalue weighted by Crippen LogP contribution is 2.27. The van der Waals surface area contributed by atoms with Gasteiger partial charge in [-0.3, -0.25) is 0 Å². The first-order valence-corrected chi connectivity index (χ1v) is 8.08. The molecule has 1 heterocycles. The van der Waals surface area contributed by atoms with E-state index in [1.165, 1.54) is 7.11 Å². The van der Waals surface area contributed by atoms with Crippen molar-refractivity contribution in [2.75, 3.05) is 13.7 Å². The van der Waals surface area contributed by atoms with Gasteiger partial charge in [-0.2, -0.15) is 10.4 Å². The Kier molecular flexibility index (Phi) is 4.99. The molecule has 130 valence electrons. The van der Waals surface area contributed by atoms with Crippen LogP contribution in [-0.2, 0) is 9.47 Å². The number of aromatic nitrogens is 2. The molecular formula is C20H17N3O3. The third-order valence-electron chi connectivity index (χ3n) is 3.87. The number of ether oxygens (including phenoxy) is 2. The molecule has 0 aliphatic heterocycles. The van der Waals surface area contributed by atoms with Gasteiger partial charge < -0.3 is 9.47 Å². The summed E-state index contributed by atoms with van der Waals surface area (Å²) in [6, 6.07) is 14.5. The highest BCUT2D eigenvalue weighted by molar-refractivity contribution is 6.06. The monoisotopic (exact) mass is 347 g/mol. The molecule has 0 bridgehead atoms. The van der Waals surface area contributed by atoms with Crippen LogP contribution in [0.25, 0.3) is 22.7 Å². The van der Waals surface area contributed by atoms with E-state index in [-0.39, 0.29) is 0 Å². The Morgan fingerprint density at radius 3 is 2.69 bits per heavy atom. The van der Waals surface area contributed by atoms with E-state index in [4.69, 9.17) is 14.7 Å². The number of methoxy groups -OCH3 is 1. The number of carbonyl (C=O) groups excluding carboxylic acids is 1. The summed E-state index contributed by atoms with van der Waals surface area (Å²) in [5, 5.41) is 14.3. The maximum Gasteiger partial charge on any atom is 0.338 e. The Balaban J connectivity index is 2.26. The van der Waals surface area contributed by atoms with Crippen molar-refractivity contribution < 1.29 is 14.3 Å². The summed E-state index contributed by atoms with van der Waals surface area (Å²) in [5.74, 6) is -0.430. The van der Waals surface area contributed by atoms with Gasteiger partial charge in [0.05, 0.1) is 54.1 Å². The minimum absolute atomic E-state index is 0.430. The van der Waals surface area contributed by atoms with Gasteiger partial charge in [0.15, 0.2) is 0 Å². The van der Waals surface area contributed by atoms with E-state index in [1.807, 2.05) is 13.0 Å². The fourth-order valence-corrected chi connectivity index (χ4v) is 2.68. The Hall–Kier alpha value is -3.59. The lowest BCUT2D eigenvalue weighted by molar-refractivity contribution is 0.0603. The molecule has 3 aromatic rings. The number of nitriles is 1. The van der Waals surface area contributed by atoms with Gasteiger partial charge >= 0.3 is 5.97 Å². The van der Waals surface area contributed by atoms with E-state index in [2.05, 4.69) is 11.2 Å². The van der Waals surface area contributed by atoms with E-state index in [0.717, 1.165) is 5.69 Å². The minimum Gasteiger partial charge on any atom is -0.501 e. The number of benzene rings is 2. The molecule has 0 aliphatic carbocycles. The molecule has 0 amide bonds. The lowest BCUT2D eigenvalue weighted by Gasteiger charge is -2.06. The number of fused-ring (bicyclic) bond motifs is 1. The summed E-state index contributed by atoms with van der Waals surface area (Å²) in [6.45, 7) is 2.42. The highest BCUT2D eigenvalue weighted by Gasteiger charge is 2.18. The molecular weight excluding hydrogens is 330 g/mol. The first-order chi connectivity index (χ1) is 12.7. The minimum atomic E-state index is -0.430. The molecule has 0 saturated heterocycles. The number of esters is 1. The highest BCUT2D eigenvalue weighted by atomic mass is 16.5. The van der Waals surface area contributed by atoms with Crippen molar-refractivity contribution in [3.05, 3.63) is 65.5 Å². The Morgan fingerprint density at radius 1 is 1.27 bits per heavy atom. The van der Waals surface area contributed by atoms with E-state index in [9.17, 15) is 4.79 Å². The van der Waals surface area contributed by atoms with Crippen molar-refractivity contribution in [3.8, 4) is 11.8 Å². The Morgan fingerprint density at radius 2 is 2.04 bits per heavy atom. The van der Waals surface area contributed by atoms with Crippen LogP contribution in [0.5, 0.6) is 0 Å². The van der Waals surface area contributed by atoms with Crippen molar-refractivity contribution in [2.24, 2.45) is 0 Å². The van der Waals surface area contributed by atoms with E-state index in [0.29, 0.717) is 34.3 Å². The molecule has 0 spiro atoms. The summed E-state index contributed by atoms with van der Waals surface area (Å²) in [4.78, 5) is 12.2. The van der Waals surface area contributed by atoms with Crippen LogP contribution in [0.15, 0.2) is 48.7 Å². The van der Waals surface area contributed by atoms with Gasteiger partial charge in [-0.05, 0) is 49.4 Å². The molecule has 0 fully saturated rings. The van der Waals surface area contributed by atoms with Crippen molar-refractivity contribution in [1.82, 2.24) is 9.78 Å². The molecule has 6 nitrogen and oxygen atoms in total. The summed E-state index contributed by atoms with van der Waals surface area (Å²) in [5.41, 5.74) is 3.12. The van der Waals surface area contributed by atoms with E-state index in [1.54, 1.807) is 53.4 Å². The molecule has 2 aromatic carbocycles.